The van der Waals surface area contributed by atoms with Crippen LogP contribution in [0.2, 0.25) is 0 Å². The van der Waals surface area contributed by atoms with Crippen LogP contribution in [0.25, 0.3) is 5.65 Å². The zero-order valence-electron chi connectivity index (χ0n) is 11.5. The normalized spacial score (nSPS) is 12.4. The van der Waals surface area contributed by atoms with Crippen LogP contribution >= 0.6 is 0 Å². The fraction of sp³-hybridized carbons (Fsp3) is 0.133. The molecule has 21 heavy (non-hydrogen) atoms. The van der Waals surface area contributed by atoms with Crippen LogP contribution in [0.15, 0.2) is 53.7 Å². The van der Waals surface area contributed by atoms with Gasteiger partial charge in [-0.25, -0.2) is 4.98 Å². The van der Waals surface area contributed by atoms with Crippen molar-refractivity contribution in [2.75, 3.05) is 12.8 Å². The Kier molecular flexibility index (Phi) is 3.62. The molecule has 0 aliphatic carbocycles. The third kappa shape index (κ3) is 2.75. The first-order valence-electron chi connectivity index (χ1n) is 6.42. The average molecular weight is 301 g/mol. The van der Waals surface area contributed by atoms with Crippen molar-refractivity contribution in [3.05, 3.63) is 54.5 Å². The number of nitrogens with two attached hydrogens (primary N) is 1. The fourth-order valence-electron chi connectivity index (χ4n) is 2.14. The zero-order chi connectivity index (χ0) is 14.8. The minimum absolute atomic E-state index is 0.335. The maximum atomic E-state index is 12.5. The molecule has 108 valence electrons. The largest absolute Gasteiger partial charge is 0.495 e. The Morgan fingerprint density at radius 1 is 1.33 bits per heavy atom. The minimum Gasteiger partial charge on any atom is -0.495 e. The van der Waals surface area contributed by atoms with Gasteiger partial charge in [-0.15, -0.1) is 0 Å². The smallest absolute Gasteiger partial charge is 0.137 e. The predicted molar refractivity (Wildman–Crippen MR) is 82.7 cm³/mol. The van der Waals surface area contributed by atoms with Crippen LogP contribution in [-0.2, 0) is 16.6 Å². The lowest BCUT2D eigenvalue weighted by Gasteiger charge is -2.08. The average Bonchev–Trinajstić information content (AvgIpc) is 2.88. The molecule has 0 aliphatic heterocycles. The number of fused-ring (bicyclic) bond motifs is 1. The van der Waals surface area contributed by atoms with Gasteiger partial charge in [0, 0.05) is 24.1 Å². The Hall–Kier alpha value is -2.34. The van der Waals surface area contributed by atoms with Crippen molar-refractivity contribution < 1.29 is 8.95 Å². The molecule has 1 unspecified atom stereocenters. The fourth-order valence-corrected chi connectivity index (χ4v) is 3.29. The summed E-state index contributed by atoms with van der Waals surface area (Å²) in [4.78, 5) is 5.08. The van der Waals surface area contributed by atoms with Gasteiger partial charge in [0.15, 0.2) is 0 Å². The lowest BCUT2D eigenvalue weighted by Crippen LogP contribution is -2.00. The topological polar surface area (TPSA) is 69.6 Å². The molecule has 0 saturated heterocycles. The summed E-state index contributed by atoms with van der Waals surface area (Å²) in [5.74, 6) is 0.874. The highest BCUT2D eigenvalue weighted by atomic mass is 32.2. The van der Waals surface area contributed by atoms with E-state index in [0.717, 1.165) is 11.3 Å². The molecule has 6 heteroatoms. The van der Waals surface area contributed by atoms with E-state index >= 15 is 0 Å². The summed E-state index contributed by atoms with van der Waals surface area (Å²) >= 11 is 0. The Balaban J connectivity index is 1.89. The molecule has 0 spiro atoms. The molecule has 0 aliphatic rings. The van der Waals surface area contributed by atoms with Gasteiger partial charge in [0.05, 0.1) is 34.3 Å². The van der Waals surface area contributed by atoms with Gasteiger partial charge in [0.1, 0.15) is 11.4 Å². The molecule has 1 atom stereocenters. The van der Waals surface area contributed by atoms with Crippen LogP contribution in [-0.4, -0.2) is 20.7 Å². The summed E-state index contributed by atoms with van der Waals surface area (Å²) in [5, 5.41) is 0. The summed E-state index contributed by atoms with van der Waals surface area (Å²) in [6.45, 7) is 0. The highest BCUT2D eigenvalue weighted by Crippen LogP contribution is 2.26. The molecule has 1 aromatic carbocycles. The van der Waals surface area contributed by atoms with E-state index in [1.54, 1.807) is 25.3 Å². The number of hydrogen-bond donors (Lipinski definition) is 1. The number of nitrogens with zero attached hydrogens (tertiary/aromatic N) is 2. The van der Waals surface area contributed by atoms with E-state index in [0.29, 0.717) is 22.1 Å². The van der Waals surface area contributed by atoms with Crippen molar-refractivity contribution in [2.24, 2.45) is 0 Å². The van der Waals surface area contributed by atoms with Crippen LogP contribution in [0.1, 0.15) is 5.69 Å². The molecular formula is C15H15N3O2S. The van der Waals surface area contributed by atoms with E-state index in [1.165, 1.54) is 0 Å². The first-order chi connectivity index (χ1) is 10.2. The van der Waals surface area contributed by atoms with Crippen LogP contribution in [0.5, 0.6) is 5.75 Å². The van der Waals surface area contributed by atoms with E-state index in [1.807, 2.05) is 35.0 Å². The van der Waals surface area contributed by atoms with Gasteiger partial charge in [-0.2, -0.15) is 0 Å². The second-order valence-electron chi connectivity index (χ2n) is 4.60. The number of hydrogen-bond acceptors (Lipinski definition) is 4. The number of benzene rings is 1. The van der Waals surface area contributed by atoms with E-state index in [-0.39, 0.29) is 0 Å². The molecule has 2 heterocycles. The van der Waals surface area contributed by atoms with Gasteiger partial charge in [-0.05, 0) is 24.3 Å². The number of methoxy groups -OCH3 is 1. The summed E-state index contributed by atoms with van der Waals surface area (Å²) in [6, 6.07) is 10.9. The lowest BCUT2D eigenvalue weighted by atomic mass is 10.3. The van der Waals surface area contributed by atoms with Crippen molar-refractivity contribution in [1.29, 1.82) is 0 Å². The van der Waals surface area contributed by atoms with E-state index < -0.39 is 10.8 Å². The van der Waals surface area contributed by atoms with E-state index in [2.05, 4.69) is 4.98 Å². The third-order valence-electron chi connectivity index (χ3n) is 3.13. The maximum Gasteiger partial charge on any atom is 0.137 e. The summed E-state index contributed by atoms with van der Waals surface area (Å²) in [7, 11) is 0.305. The van der Waals surface area contributed by atoms with E-state index in [9.17, 15) is 4.21 Å². The molecule has 5 nitrogen and oxygen atoms in total. The summed E-state index contributed by atoms with van der Waals surface area (Å²) < 4.78 is 19.7. The first kappa shape index (κ1) is 13.6. The molecule has 0 saturated carbocycles. The SMILES string of the molecule is COc1cc(N)ccc1S(=O)Cc1cn2ccccc2n1. The second-order valence-corrected chi connectivity index (χ2v) is 6.02. The van der Waals surface area contributed by atoms with Crippen LogP contribution < -0.4 is 10.5 Å². The highest BCUT2D eigenvalue weighted by Gasteiger charge is 2.13. The van der Waals surface area contributed by atoms with Crippen LogP contribution in [0.4, 0.5) is 5.69 Å². The molecule has 0 amide bonds. The number of rotatable bonds is 4. The van der Waals surface area contributed by atoms with Crippen molar-refractivity contribution in [2.45, 2.75) is 10.6 Å². The van der Waals surface area contributed by atoms with Gasteiger partial charge >= 0.3 is 0 Å². The molecule has 2 aromatic heterocycles. The monoisotopic (exact) mass is 301 g/mol. The van der Waals surface area contributed by atoms with Crippen molar-refractivity contribution in [1.82, 2.24) is 9.38 Å². The molecular weight excluding hydrogens is 286 g/mol. The molecule has 2 N–H and O–H groups in total. The first-order valence-corrected chi connectivity index (χ1v) is 7.74. The quantitative estimate of drug-likeness (QED) is 0.750. The van der Waals surface area contributed by atoms with Crippen LogP contribution in [0, 0.1) is 0 Å². The van der Waals surface area contributed by atoms with Gasteiger partial charge in [0.2, 0.25) is 0 Å². The number of nitrogen functional groups attached to an aromatic ring is 1. The Bertz CT molecular complexity index is 781. The van der Waals surface area contributed by atoms with Crippen molar-refractivity contribution >= 4 is 22.1 Å². The molecule has 3 aromatic rings. The summed E-state index contributed by atoms with van der Waals surface area (Å²) in [5.41, 5.74) is 7.91. The van der Waals surface area contributed by atoms with Gasteiger partial charge in [-0.3, -0.25) is 4.21 Å². The summed E-state index contributed by atoms with van der Waals surface area (Å²) in [6.07, 6.45) is 3.80. The number of aromatic nitrogens is 2. The Morgan fingerprint density at radius 3 is 2.95 bits per heavy atom. The predicted octanol–water partition coefficient (Wildman–Crippen LogP) is 2.23. The molecule has 0 radical (unpaired) electrons. The van der Waals surface area contributed by atoms with Crippen molar-refractivity contribution in [3.8, 4) is 5.75 Å². The van der Waals surface area contributed by atoms with Gasteiger partial charge in [-0.1, -0.05) is 6.07 Å². The molecule has 0 bridgehead atoms. The zero-order valence-corrected chi connectivity index (χ0v) is 12.3. The number of pyridine rings is 1. The van der Waals surface area contributed by atoms with Crippen molar-refractivity contribution in [3.63, 3.8) is 0 Å². The lowest BCUT2D eigenvalue weighted by molar-refractivity contribution is 0.404. The third-order valence-corrected chi connectivity index (χ3v) is 4.51. The maximum absolute atomic E-state index is 12.5. The number of imidazole rings is 1. The van der Waals surface area contributed by atoms with E-state index in [4.69, 9.17) is 10.5 Å². The number of anilines is 1. The number of ether oxygens (including phenoxy) is 1. The van der Waals surface area contributed by atoms with Crippen LogP contribution in [0.3, 0.4) is 0 Å². The molecule has 0 fully saturated rings. The highest BCUT2D eigenvalue weighted by molar-refractivity contribution is 7.84. The Morgan fingerprint density at radius 2 is 2.19 bits per heavy atom. The standard InChI is InChI=1S/C15H15N3O2S/c1-20-13-8-11(16)5-6-14(13)21(19)10-12-9-18-7-3-2-4-15(18)17-12/h2-9H,10,16H2,1H3. The molecule has 3 rings (SSSR count). The van der Waals surface area contributed by atoms with Gasteiger partial charge < -0.3 is 14.9 Å². The minimum atomic E-state index is -1.24. The van der Waals surface area contributed by atoms with Gasteiger partial charge in [0.25, 0.3) is 0 Å². The Labute approximate surface area is 124 Å². The second kappa shape index (κ2) is 5.57.